The van der Waals surface area contributed by atoms with Gasteiger partial charge >= 0.3 is 6.03 Å². The topological polar surface area (TPSA) is 106 Å². The van der Waals surface area contributed by atoms with E-state index < -0.39 is 10.5 Å². The number of unbranched alkanes of at least 4 members (excludes halogenated alkanes) is 1. The summed E-state index contributed by atoms with van der Waals surface area (Å²) in [6, 6.07) is 10.00. The van der Waals surface area contributed by atoms with Crippen molar-refractivity contribution in [3.8, 4) is 0 Å². The van der Waals surface area contributed by atoms with Gasteiger partial charge in [-0.05, 0) is 50.8 Å². The molecule has 0 saturated carbocycles. The van der Waals surface area contributed by atoms with Crippen LogP contribution in [-0.4, -0.2) is 22.1 Å². The predicted octanol–water partition coefficient (Wildman–Crippen LogP) is 3.80. The third-order valence-corrected chi connectivity index (χ3v) is 4.79. The second kappa shape index (κ2) is 9.87. The van der Waals surface area contributed by atoms with Crippen LogP contribution in [0.3, 0.4) is 0 Å². The molecule has 0 saturated heterocycles. The molecular formula is C22H28N4O4. The number of carbonyl (C=O) groups excluding carboxylic acids is 1. The van der Waals surface area contributed by atoms with Crippen LogP contribution in [-0.2, 0) is 12.1 Å². The molecule has 0 spiro atoms. The molecule has 0 aliphatic heterocycles. The second-order valence-electron chi connectivity index (χ2n) is 7.75. The standard InChI is InChI=1S/C22H28N4O4/c1-16(2)17-8-7-9-18(14-17)22(3,4)24-21(28)23-12-5-6-13-25-15-19(26(29)30)10-11-20(25)27/h7-11,14-15H,1,5-6,12-13H2,2-4H3,(H2,23,24,28). The van der Waals surface area contributed by atoms with Crippen molar-refractivity contribution in [3.05, 3.63) is 80.8 Å². The van der Waals surface area contributed by atoms with E-state index in [4.69, 9.17) is 0 Å². The Labute approximate surface area is 175 Å². The number of nitro groups is 1. The van der Waals surface area contributed by atoms with Gasteiger partial charge in [0.2, 0.25) is 0 Å². The fourth-order valence-electron chi connectivity index (χ4n) is 2.98. The van der Waals surface area contributed by atoms with Crippen LogP contribution < -0.4 is 16.2 Å². The molecule has 1 heterocycles. The lowest BCUT2D eigenvalue weighted by Crippen LogP contribution is -2.46. The van der Waals surface area contributed by atoms with Gasteiger partial charge in [-0.15, -0.1) is 0 Å². The lowest BCUT2D eigenvalue weighted by molar-refractivity contribution is -0.385. The van der Waals surface area contributed by atoms with E-state index in [1.165, 1.54) is 22.9 Å². The van der Waals surface area contributed by atoms with Crippen LogP contribution in [0.1, 0.15) is 44.7 Å². The molecule has 0 radical (unpaired) electrons. The number of amides is 2. The highest BCUT2D eigenvalue weighted by atomic mass is 16.6. The number of hydrogen-bond acceptors (Lipinski definition) is 4. The number of rotatable bonds is 9. The van der Waals surface area contributed by atoms with Crippen LogP contribution in [0.25, 0.3) is 5.57 Å². The van der Waals surface area contributed by atoms with Crippen molar-refractivity contribution in [1.82, 2.24) is 15.2 Å². The van der Waals surface area contributed by atoms with Gasteiger partial charge in [0.1, 0.15) is 0 Å². The zero-order chi connectivity index (χ0) is 22.3. The van der Waals surface area contributed by atoms with Gasteiger partial charge in [0.25, 0.3) is 11.2 Å². The first-order valence-electron chi connectivity index (χ1n) is 9.77. The maximum absolute atomic E-state index is 12.3. The number of urea groups is 1. The summed E-state index contributed by atoms with van der Waals surface area (Å²) in [6.07, 6.45) is 2.48. The van der Waals surface area contributed by atoms with E-state index in [1.54, 1.807) is 0 Å². The zero-order valence-corrected chi connectivity index (χ0v) is 17.6. The second-order valence-corrected chi connectivity index (χ2v) is 7.75. The maximum atomic E-state index is 12.3. The van der Waals surface area contributed by atoms with Crippen LogP contribution in [0.5, 0.6) is 0 Å². The van der Waals surface area contributed by atoms with Crippen molar-refractivity contribution in [1.29, 1.82) is 0 Å². The first-order chi connectivity index (χ1) is 14.1. The molecule has 0 aliphatic carbocycles. The summed E-state index contributed by atoms with van der Waals surface area (Å²) in [5.74, 6) is 0. The fraction of sp³-hybridized carbons (Fsp3) is 0.364. The third-order valence-electron chi connectivity index (χ3n) is 4.79. The Kier molecular flexibility index (Phi) is 7.52. The van der Waals surface area contributed by atoms with E-state index in [2.05, 4.69) is 17.2 Å². The first kappa shape index (κ1) is 22.9. The Bertz CT molecular complexity index is 995. The average molecular weight is 412 g/mol. The Morgan fingerprint density at radius 2 is 1.97 bits per heavy atom. The van der Waals surface area contributed by atoms with Crippen molar-refractivity contribution in [2.75, 3.05) is 6.54 Å². The molecule has 2 aromatic rings. The highest BCUT2D eigenvalue weighted by Gasteiger charge is 2.23. The van der Waals surface area contributed by atoms with E-state index in [0.717, 1.165) is 16.7 Å². The quantitative estimate of drug-likeness (QED) is 0.371. The number of aromatic nitrogens is 1. The Balaban J connectivity index is 1.82. The molecule has 0 aliphatic rings. The molecular weight excluding hydrogens is 384 g/mol. The van der Waals surface area contributed by atoms with Crippen molar-refractivity contribution in [2.24, 2.45) is 0 Å². The largest absolute Gasteiger partial charge is 0.338 e. The van der Waals surface area contributed by atoms with Crippen molar-refractivity contribution < 1.29 is 9.72 Å². The minimum Gasteiger partial charge on any atom is -0.338 e. The summed E-state index contributed by atoms with van der Waals surface area (Å²) in [5, 5.41) is 16.6. The normalized spacial score (nSPS) is 11.0. The van der Waals surface area contributed by atoms with Gasteiger partial charge in [-0.25, -0.2) is 4.79 Å². The molecule has 0 bridgehead atoms. The maximum Gasteiger partial charge on any atom is 0.315 e. The van der Waals surface area contributed by atoms with E-state index >= 15 is 0 Å². The molecule has 30 heavy (non-hydrogen) atoms. The summed E-state index contributed by atoms with van der Waals surface area (Å²) in [6.45, 7) is 10.5. The summed E-state index contributed by atoms with van der Waals surface area (Å²) < 4.78 is 1.32. The van der Waals surface area contributed by atoms with Crippen molar-refractivity contribution in [2.45, 2.75) is 45.7 Å². The van der Waals surface area contributed by atoms with E-state index in [-0.39, 0.29) is 17.3 Å². The van der Waals surface area contributed by atoms with E-state index in [1.807, 2.05) is 45.0 Å². The zero-order valence-electron chi connectivity index (χ0n) is 17.6. The molecule has 0 fully saturated rings. The van der Waals surface area contributed by atoms with E-state index in [0.29, 0.717) is 25.9 Å². The molecule has 1 aromatic carbocycles. The van der Waals surface area contributed by atoms with Crippen LogP contribution in [0.4, 0.5) is 10.5 Å². The molecule has 160 valence electrons. The van der Waals surface area contributed by atoms with Crippen LogP contribution in [0, 0.1) is 10.1 Å². The molecule has 1 aromatic heterocycles. The fourth-order valence-corrected chi connectivity index (χ4v) is 2.98. The molecule has 0 atom stereocenters. The van der Waals surface area contributed by atoms with Crippen LogP contribution in [0.2, 0.25) is 0 Å². The number of benzene rings is 1. The van der Waals surface area contributed by atoms with Crippen LogP contribution in [0.15, 0.2) is 54.0 Å². The first-order valence-corrected chi connectivity index (χ1v) is 9.77. The highest BCUT2D eigenvalue weighted by molar-refractivity contribution is 5.75. The van der Waals surface area contributed by atoms with Crippen LogP contribution >= 0.6 is 0 Å². The van der Waals surface area contributed by atoms with Gasteiger partial charge in [0, 0.05) is 25.2 Å². The lowest BCUT2D eigenvalue weighted by Gasteiger charge is -2.27. The molecule has 8 heteroatoms. The Morgan fingerprint density at radius 3 is 2.63 bits per heavy atom. The molecule has 8 nitrogen and oxygen atoms in total. The molecule has 2 N–H and O–H groups in total. The predicted molar refractivity (Wildman–Crippen MR) is 117 cm³/mol. The number of aryl methyl sites for hydroxylation is 1. The van der Waals surface area contributed by atoms with Gasteiger partial charge < -0.3 is 15.2 Å². The Hall–Kier alpha value is -3.42. The lowest BCUT2D eigenvalue weighted by atomic mass is 9.92. The summed E-state index contributed by atoms with van der Waals surface area (Å²) in [7, 11) is 0. The molecule has 0 unspecified atom stereocenters. The van der Waals surface area contributed by atoms with Gasteiger partial charge in [-0.2, -0.15) is 0 Å². The average Bonchev–Trinajstić information content (AvgIpc) is 2.68. The number of pyridine rings is 1. The summed E-state index contributed by atoms with van der Waals surface area (Å²) >= 11 is 0. The van der Waals surface area contributed by atoms with Crippen molar-refractivity contribution >= 4 is 17.3 Å². The summed E-state index contributed by atoms with van der Waals surface area (Å²) in [5.41, 5.74) is 1.99. The molecule has 2 rings (SSSR count). The third kappa shape index (κ3) is 6.30. The van der Waals surface area contributed by atoms with E-state index in [9.17, 15) is 19.7 Å². The smallest absolute Gasteiger partial charge is 0.315 e. The summed E-state index contributed by atoms with van der Waals surface area (Å²) in [4.78, 5) is 34.3. The SMILES string of the molecule is C=C(C)c1cccc(C(C)(C)NC(=O)NCCCCn2cc([N+](=O)[O-])ccc2=O)c1. The minimum absolute atomic E-state index is 0.120. The number of allylic oxidation sites excluding steroid dienone is 1. The Morgan fingerprint density at radius 1 is 1.23 bits per heavy atom. The van der Waals surface area contributed by atoms with Gasteiger partial charge in [-0.3, -0.25) is 14.9 Å². The minimum atomic E-state index is -0.564. The van der Waals surface area contributed by atoms with Gasteiger partial charge in [0.15, 0.2) is 0 Å². The monoisotopic (exact) mass is 412 g/mol. The number of hydrogen-bond donors (Lipinski definition) is 2. The number of nitrogens with one attached hydrogen (secondary N) is 2. The van der Waals surface area contributed by atoms with Crippen molar-refractivity contribution in [3.63, 3.8) is 0 Å². The number of nitrogens with zero attached hydrogens (tertiary/aromatic N) is 2. The van der Waals surface area contributed by atoms with Gasteiger partial charge in [0.05, 0.1) is 16.7 Å². The highest BCUT2D eigenvalue weighted by Crippen LogP contribution is 2.23. The molecule has 2 amide bonds. The number of carbonyl (C=O) groups is 1. The van der Waals surface area contributed by atoms with Gasteiger partial charge in [-0.1, -0.05) is 30.4 Å².